The lowest BCUT2D eigenvalue weighted by atomic mass is 9.86. The fourth-order valence-electron chi connectivity index (χ4n) is 4.98. The molecule has 4 N–H and O–H groups in total. The predicted octanol–water partition coefficient (Wildman–Crippen LogP) is 0.109. The Morgan fingerprint density at radius 3 is 2.33 bits per heavy atom. The van der Waals surface area contributed by atoms with Crippen molar-refractivity contribution >= 4 is 17.5 Å². The van der Waals surface area contributed by atoms with Crippen molar-refractivity contribution in [2.75, 3.05) is 38.0 Å². The number of para-hydroxylation sites is 1. The van der Waals surface area contributed by atoms with Gasteiger partial charge in [0, 0.05) is 11.7 Å². The van der Waals surface area contributed by atoms with Gasteiger partial charge < -0.3 is 20.4 Å². The first-order valence-electron chi connectivity index (χ1n) is 11.7. The molecule has 0 bridgehead atoms. The van der Waals surface area contributed by atoms with Gasteiger partial charge in [-0.05, 0) is 50.7 Å². The van der Waals surface area contributed by atoms with Crippen LogP contribution in [0.4, 0.5) is 5.69 Å². The van der Waals surface area contributed by atoms with Crippen molar-refractivity contribution in [3.05, 3.63) is 29.3 Å². The van der Waals surface area contributed by atoms with E-state index in [-0.39, 0.29) is 17.9 Å². The third-order valence-corrected chi connectivity index (χ3v) is 7.20. The molecule has 1 heterocycles. The summed E-state index contributed by atoms with van der Waals surface area (Å²) in [6.45, 7) is 12.6. The molecule has 0 unspecified atom stereocenters. The molecule has 1 aromatic rings. The summed E-state index contributed by atoms with van der Waals surface area (Å²) in [5.41, 5.74) is 3.13. The Bertz CT molecular complexity index is 722. The normalized spacial score (nSPS) is 27.9. The van der Waals surface area contributed by atoms with Crippen LogP contribution in [0, 0.1) is 19.8 Å². The summed E-state index contributed by atoms with van der Waals surface area (Å²) in [5.74, 6) is 0.851. The van der Waals surface area contributed by atoms with Gasteiger partial charge in [-0.1, -0.05) is 38.0 Å². The van der Waals surface area contributed by atoms with Crippen LogP contribution in [0.15, 0.2) is 18.2 Å². The average Bonchev–Trinajstić information content (AvgIpc) is 2.72. The predicted molar refractivity (Wildman–Crippen MR) is 120 cm³/mol. The smallest absolute Gasteiger partial charge is 0.279 e. The molecule has 2 aliphatic rings. The highest BCUT2D eigenvalue weighted by Crippen LogP contribution is 2.23. The fraction of sp³-hybridized carbons (Fsp3) is 0.667. The Morgan fingerprint density at radius 1 is 1.07 bits per heavy atom. The molecule has 1 saturated carbocycles. The molecule has 3 rings (SSSR count). The van der Waals surface area contributed by atoms with E-state index in [1.807, 2.05) is 32.0 Å². The van der Waals surface area contributed by atoms with Gasteiger partial charge >= 0.3 is 0 Å². The Labute approximate surface area is 181 Å². The molecular weight excluding hydrogens is 376 g/mol. The molecule has 0 aromatic heterocycles. The van der Waals surface area contributed by atoms with Crippen LogP contribution < -0.4 is 20.4 Å². The largest absolute Gasteiger partial charge is 0.348 e. The van der Waals surface area contributed by atoms with E-state index in [1.165, 1.54) is 29.1 Å². The van der Waals surface area contributed by atoms with Gasteiger partial charge in [0.1, 0.15) is 26.2 Å². The highest BCUT2D eigenvalue weighted by molar-refractivity contribution is 5.93. The van der Waals surface area contributed by atoms with E-state index < -0.39 is 0 Å². The van der Waals surface area contributed by atoms with E-state index in [4.69, 9.17) is 0 Å². The van der Waals surface area contributed by atoms with Crippen molar-refractivity contribution in [2.24, 2.45) is 5.92 Å². The lowest BCUT2D eigenvalue weighted by Crippen LogP contribution is -3.30. The van der Waals surface area contributed by atoms with Crippen molar-refractivity contribution in [1.29, 1.82) is 0 Å². The van der Waals surface area contributed by atoms with Gasteiger partial charge in [0.15, 0.2) is 12.6 Å². The number of piperazine rings is 1. The fourth-order valence-corrected chi connectivity index (χ4v) is 4.98. The number of anilines is 1. The molecule has 1 aliphatic carbocycles. The van der Waals surface area contributed by atoms with Crippen molar-refractivity contribution in [3.63, 3.8) is 0 Å². The van der Waals surface area contributed by atoms with Crippen LogP contribution in [0.2, 0.25) is 0 Å². The van der Waals surface area contributed by atoms with Gasteiger partial charge in [-0.3, -0.25) is 9.59 Å². The highest BCUT2D eigenvalue weighted by atomic mass is 16.2. The van der Waals surface area contributed by atoms with E-state index in [9.17, 15) is 9.59 Å². The zero-order valence-electron chi connectivity index (χ0n) is 19.1. The summed E-state index contributed by atoms with van der Waals surface area (Å²) in [6.07, 6.45) is 4.85. The SMILES string of the molecule is Cc1cccc(C)c1NC(=O)C[NH+]1CC[NH+]([C@H](C)C(=O)N[C@H]2CCCC[C@@H]2C)CC1. The Hall–Kier alpha value is -1.92. The zero-order chi connectivity index (χ0) is 21.7. The molecule has 1 aromatic carbocycles. The van der Waals surface area contributed by atoms with Gasteiger partial charge in [-0.15, -0.1) is 0 Å². The zero-order valence-corrected chi connectivity index (χ0v) is 19.1. The number of quaternary nitrogens is 2. The lowest BCUT2D eigenvalue weighted by Gasteiger charge is -2.34. The van der Waals surface area contributed by atoms with Crippen LogP contribution in [-0.2, 0) is 9.59 Å². The quantitative estimate of drug-likeness (QED) is 0.532. The van der Waals surface area contributed by atoms with Crippen LogP contribution in [0.1, 0.15) is 50.7 Å². The van der Waals surface area contributed by atoms with E-state index in [1.54, 1.807) is 0 Å². The first kappa shape index (κ1) is 22.8. The summed E-state index contributed by atoms with van der Waals surface area (Å²) in [6, 6.07) is 6.38. The van der Waals surface area contributed by atoms with Crippen molar-refractivity contribution < 1.29 is 19.4 Å². The van der Waals surface area contributed by atoms with Gasteiger partial charge in [0.05, 0.1) is 0 Å². The molecule has 6 nitrogen and oxygen atoms in total. The number of rotatable bonds is 6. The molecule has 2 amide bonds. The number of carbonyl (C=O) groups excluding carboxylic acids is 2. The van der Waals surface area contributed by atoms with E-state index in [0.717, 1.165) is 49.4 Å². The molecule has 0 spiro atoms. The average molecular weight is 417 g/mol. The molecule has 1 saturated heterocycles. The number of aryl methyl sites for hydroxylation is 2. The van der Waals surface area contributed by atoms with Gasteiger partial charge in [0.2, 0.25) is 0 Å². The van der Waals surface area contributed by atoms with E-state index >= 15 is 0 Å². The van der Waals surface area contributed by atoms with Crippen LogP contribution >= 0.6 is 0 Å². The molecule has 6 heteroatoms. The van der Waals surface area contributed by atoms with Crippen LogP contribution in [0.3, 0.4) is 0 Å². The number of hydrogen-bond donors (Lipinski definition) is 4. The molecule has 1 aliphatic heterocycles. The number of carbonyl (C=O) groups is 2. The second kappa shape index (κ2) is 10.4. The van der Waals surface area contributed by atoms with Crippen molar-refractivity contribution in [3.8, 4) is 0 Å². The summed E-state index contributed by atoms with van der Waals surface area (Å²) < 4.78 is 0. The minimum atomic E-state index is -0.0240. The van der Waals surface area contributed by atoms with Crippen LogP contribution in [0.5, 0.6) is 0 Å². The maximum absolute atomic E-state index is 12.8. The van der Waals surface area contributed by atoms with E-state index in [2.05, 4.69) is 24.5 Å². The minimum absolute atomic E-state index is 0.0240. The lowest BCUT2D eigenvalue weighted by molar-refractivity contribution is -1.01. The van der Waals surface area contributed by atoms with E-state index in [0.29, 0.717) is 18.5 Å². The third-order valence-electron chi connectivity index (χ3n) is 7.20. The maximum Gasteiger partial charge on any atom is 0.279 e. The summed E-state index contributed by atoms with van der Waals surface area (Å²) in [4.78, 5) is 28.0. The summed E-state index contributed by atoms with van der Waals surface area (Å²) in [5, 5.41) is 6.41. The topological polar surface area (TPSA) is 67.1 Å². The first-order valence-corrected chi connectivity index (χ1v) is 11.7. The Kier molecular flexibility index (Phi) is 7.89. The highest BCUT2D eigenvalue weighted by Gasteiger charge is 2.33. The first-order chi connectivity index (χ1) is 14.3. The Morgan fingerprint density at radius 2 is 1.70 bits per heavy atom. The minimum Gasteiger partial charge on any atom is -0.348 e. The summed E-state index contributed by atoms with van der Waals surface area (Å²) >= 11 is 0. The second-order valence-electron chi connectivity index (χ2n) is 9.50. The molecule has 0 radical (unpaired) electrons. The molecule has 3 atom stereocenters. The number of benzene rings is 1. The number of amides is 2. The van der Waals surface area contributed by atoms with Gasteiger partial charge in [-0.2, -0.15) is 0 Å². The van der Waals surface area contributed by atoms with Crippen LogP contribution in [0.25, 0.3) is 0 Å². The Balaban J connectivity index is 1.43. The summed E-state index contributed by atoms with van der Waals surface area (Å²) in [7, 11) is 0. The van der Waals surface area contributed by atoms with Crippen LogP contribution in [-0.4, -0.2) is 56.6 Å². The number of hydrogen-bond acceptors (Lipinski definition) is 2. The number of nitrogens with one attached hydrogen (secondary N) is 4. The second-order valence-corrected chi connectivity index (χ2v) is 9.50. The van der Waals surface area contributed by atoms with Gasteiger partial charge in [0.25, 0.3) is 11.8 Å². The third kappa shape index (κ3) is 5.82. The van der Waals surface area contributed by atoms with Crippen molar-refractivity contribution in [1.82, 2.24) is 5.32 Å². The molecule has 166 valence electrons. The van der Waals surface area contributed by atoms with Crippen molar-refractivity contribution in [2.45, 2.75) is 65.5 Å². The molecule has 30 heavy (non-hydrogen) atoms. The molecule has 2 fully saturated rings. The molecular formula is C24H40N4O2+2. The standard InChI is InChI=1S/C24H38N4O2/c1-17-8-5-6-11-21(17)25-24(30)20(4)28-14-12-27(13-15-28)16-22(29)26-23-18(2)9-7-10-19(23)3/h7,9-10,17,20-21H,5-6,8,11-16H2,1-4H3,(H,25,30)(H,26,29)/p+2/t17-,20+,21-/m0/s1. The maximum atomic E-state index is 12.8. The van der Waals surface area contributed by atoms with Gasteiger partial charge in [-0.25, -0.2) is 0 Å². The monoisotopic (exact) mass is 416 g/mol.